The number of hydrogen-bond donors (Lipinski definition) is 0. The largest absolute Gasteiger partial charge is 0.107 e. The maximum atomic E-state index is 2.47. The molecule has 0 aromatic heterocycles. The minimum absolute atomic E-state index is 0. The number of benzene rings is 2. The highest BCUT2D eigenvalue weighted by Crippen LogP contribution is 2.55. The van der Waals surface area contributed by atoms with Crippen LogP contribution in [0.1, 0.15) is 5.56 Å². The molecule has 0 fully saturated rings. The zero-order valence-electron chi connectivity index (χ0n) is 9.73. The Morgan fingerprint density at radius 1 is 1.00 bits per heavy atom. The van der Waals surface area contributed by atoms with Gasteiger partial charge in [0.15, 0.2) is 0 Å². The lowest BCUT2D eigenvalue weighted by Gasteiger charge is -2.11. The molecule has 0 saturated heterocycles. The Bertz CT molecular complexity index is 531. The third-order valence-corrected chi connectivity index (χ3v) is 6.65. The smallest absolute Gasteiger partial charge is 0.0973 e. The third-order valence-electron chi connectivity index (χ3n) is 3.59. The fourth-order valence-corrected chi connectivity index (χ4v) is 5.13. The number of rotatable bonds is 0. The van der Waals surface area contributed by atoms with Gasteiger partial charge in [0.1, 0.15) is 0 Å². The van der Waals surface area contributed by atoms with E-state index in [1.165, 1.54) is 23.4 Å². The van der Waals surface area contributed by atoms with Crippen LogP contribution in [0, 0.1) is 0 Å². The van der Waals surface area contributed by atoms with Gasteiger partial charge >= 0.3 is 0 Å². The molecular weight excluding hydrogens is 326 g/mol. The van der Waals surface area contributed by atoms with Crippen LogP contribution in [0.15, 0.2) is 36.4 Å². The molecule has 0 spiro atoms. The quantitative estimate of drug-likeness (QED) is 0.503. The number of hydrogen-bond acceptors (Lipinski definition) is 0. The van der Waals surface area contributed by atoms with Crippen LogP contribution >= 0.6 is 31.2 Å². The molecule has 0 N–H and O–H groups in total. The Kier molecular flexibility index (Phi) is 3.29. The summed E-state index contributed by atoms with van der Waals surface area (Å²) in [5, 5.41) is 4.56. The van der Waals surface area contributed by atoms with E-state index >= 15 is 0 Å². The summed E-state index contributed by atoms with van der Waals surface area (Å²) >= 11 is 0. The van der Waals surface area contributed by atoms with Crippen molar-refractivity contribution in [2.45, 2.75) is 6.42 Å². The summed E-state index contributed by atoms with van der Waals surface area (Å²) in [5.74, 6) is 0. The molecule has 2 aromatic carbocycles. The van der Waals surface area contributed by atoms with Crippen LogP contribution < -0.4 is 5.30 Å². The lowest BCUT2D eigenvalue weighted by molar-refractivity contribution is 1.21. The normalized spacial score (nSPS) is 16.9. The van der Waals surface area contributed by atoms with Gasteiger partial charge in [0, 0.05) is 19.2 Å². The molecule has 2 heteroatoms. The Morgan fingerprint density at radius 2 is 1.75 bits per heavy atom. The van der Waals surface area contributed by atoms with Gasteiger partial charge in [-0.25, -0.2) is 0 Å². The van der Waals surface area contributed by atoms with E-state index in [2.05, 4.69) is 49.7 Å². The van der Waals surface area contributed by atoms with Gasteiger partial charge in [-0.2, -0.15) is 0 Å². The Balaban J connectivity index is 0.000000963. The Hall–Kier alpha value is -0.140. The molecule has 0 atom stereocenters. The van der Waals surface area contributed by atoms with E-state index in [4.69, 9.17) is 0 Å². The molecule has 0 nitrogen and oxygen atoms in total. The molecule has 0 radical (unpaired) electrons. The van der Waals surface area contributed by atoms with Crippen LogP contribution in [0.4, 0.5) is 0 Å². The van der Waals surface area contributed by atoms with Crippen LogP contribution in [0.3, 0.4) is 0 Å². The molecule has 0 saturated carbocycles. The summed E-state index contributed by atoms with van der Waals surface area (Å²) in [4.78, 5) is 0. The van der Waals surface area contributed by atoms with Gasteiger partial charge in [0.05, 0.1) is 24.8 Å². The Morgan fingerprint density at radius 3 is 2.56 bits per heavy atom. The fraction of sp³-hybridized carbons (Fsp3) is 0.286. The highest BCUT2D eigenvalue weighted by atomic mass is 127. The molecule has 0 amide bonds. The van der Waals surface area contributed by atoms with Crippen molar-refractivity contribution in [3.8, 4) is 0 Å². The molecule has 3 rings (SSSR count). The molecule has 0 aliphatic carbocycles. The third kappa shape index (κ3) is 1.78. The van der Waals surface area contributed by atoms with Crippen molar-refractivity contribution in [3.63, 3.8) is 0 Å². The van der Waals surface area contributed by atoms with Crippen LogP contribution in [-0.4, -0.2) is 19.5 Å². The van der Waals surface area contributed by atoms with Gasteiger partial charge < -0.3 is 0 Å². The van der Waals surface area contributed by atoms with E-state index < -0.39 is 7.26 Å². The van der Waals surface area contributed by atoms with E-state index in [9.17, 15) is 0 Å². The standard InChI is InChI=1S/C14H16P.HI/c1-15(2)10-9-13-12-6-4-3-5-11(12)7-8-14(13)15;/h3-8H,9-10H2,1-2H3;1H/q+1;. The van der Waals surface area contributed by atoms with Crippen LogP contribution in [0.2, 0.25) is 0 Å². The minimum Gasteiger partial charge on any atom is -0.107 e. The van der Waals surface area contributed by atoms with E-state index in [0.29, 0.717) is 0 Å². The van der Waals surface area contributed by atoms with E-state index in [-0.39, 0.29) is 24.0 Å². The average molecular weight is 343 g/mol. The van der Waals surface area contributed by atoms with Gasteiger partial charge in [-0.15, -0.1) is 24.0 Å². The summed E-state index contributed by atoms with van der Waals surface area (Å²) in [5.41, 5.74) is 1.63. The number of halogens is 1. The average Bonchev–Trinajstić information content (AvgIpc) is 2.55. The maximum absolute atomic E-state index is 2.47. The summed E-state index contributed by atoms with van der Waals surface area (Å²) in [7, 11) is -0.788. The highest BCUT2D eigenvalue weighted by Gasteiger charge is 2.37. The molecule has 16 heavy (non-hydrogen) atoms. The van der Waals surface area contributed by atoms with Crippen molar-refractivity contribution < 1.29 is 0 Å². The molecule has 2 aromatic rings. The highest BCUT2D eigenvalue weighted by molar-refractivity contribution is 14.0. The van der Waals surface area contributed by atoms with Gasteiger partial charge in [-0.05, 0) is 16.8 Å². The zero-order chi connectivity index (χ0) is 10.5. The first kappa shape index (κ1) is 12.3. The molecule has 0 unspecified atom stereocenters. The van der Waals surface area contributed by atoms with E-state index in [1.807, 2.05) is 0 Å². The molecule has 1 aliphatic heterocycles. The molecular formula is C14H17IP+. The second-order valence-corrected chi connectivity index (χ2v) is 9.24. The van der Waals surface area contributed by atoms with Gasteiger partial charge in [-0.1, -0.05) is 30.3 Å². The summed E-state index contributed by atoms with van der Waals surface area (Å²) in [6, 6.07) is 13.5. The van der Waals surface area contributed by atoms with Gasteiger partial charge in [-0.3, -0.25) is 0 Å². The summed E-state index contributed by atoms with van der Waals surface area (Å²) < 4.78 is 0. The van der Waals surface area contributed by atoms with Gasteiger partial charge in [0.2, 0.25) is 0 Å². The minimum atomic E-state index is -0.788. The Labute approximate surface area is 115 Å². The van der Waals surface area contributed by atoms with Crippen LogP contribution in [0.5, 0.6) is 0 Å². The molecule has 1 heterocycles. The molecule has 0 bridgehead atoms. The summed E-state index contributed by atoms with van der Waals surface area (Å²) in [6.07, 6.45) is 2.69. The van der Waals surface area contributed by atoms with Crippen LogP contribution in [0.25, 0.3) is 10.8 Å². The second kappa shape index (κ2) is 4.27. The van der Waals surface area contributed by atoms with Crippen molar-refractivity contribution in [2.75, 3.05) is 19.5 Å². The van der Waals surface area contributed by atoms with E-state index in [1.54, 1.807) is 10.9 Å². The predicted molar refractivity (Wildman–Crippen MR) is 86.3 cm³/mol. The lowest BCUT2D eigenvalue weighted by atomic mass is 10.0. The number of fused-ring (bicyclic) bond motifs is 3. The fourth-order valence-electron chi connectivity index (χ4n) is 2.67. The van der Waals surface area contributed by atoms with Crippen molar-refractivity contribution in [2.24, 2.45) is 0 Å². The van der Waals surface area contributed by atoms with Crippen molar-refractivity contribution >= 4 is 47.3 Å². The predicted octanol–water partition coefficient (Wildman–Crippen LogP) is 3.92. The number of aryl methyl sites for hydroxylation is 1. The monoisotopic (exact) mass is 343 g/mol. The topological polar surface area (TPSA) is 0 Å². The molecule has 1 aliphatic rings. The first-order valence-electron chi connectivity index (χ1n) is 5.53. The summed E-state index contributed by atoms with van der Waals surface area (Å²) in [6.45, 7) is 4.93. The van der Waals surface area contributed by atoms with Gasteiger partial charge in [0.25, 0.3) is 0 Å². The van der Waals surface area contributed by atoms with Crippen LogP contribution in [-0.2, 0) is 6.42 Å². The second-order valence-electron chi connectivity index (χ2n) is 4.94. The van der Waals surface area contributed by atoms with Crippen molar-refractivity contribution in [1.29, 1.82) is 0 Å². The lowest BCUT2D eigenvalue weighted by Crippen LogP contribution is -2.07. The van der Waals surface area contributed by atoms with Crippen molar-refractivity contribution in [3.05, 3.63) is 42.0 Å². The maximum Gasteiger partial charge on any atom is 0.0973 e. The molecule has 84 valence electrons. The first-order chi connectivity index (χ1) is 7.18. The van der Waals surface area contributed by atoms with E-state index in [0.717, 1.165) is 0 Å². The zero-order valence-corrected chi connectivity index (χ0v) is 13.0. The van der Waals surface area contributed by atoms with Crippen molar-refractivity contribution in [1.82, 2.24) is 0 Å². The SMILES string of the molecule is C[P+]1(C)CCc2c1ccc1ccccc21.I. The first-order valence-corrected chi connectivity index (χ1v) is 8.39.